The minimum Gasteiger partial charge on any atom is -0.450 e. The number of hydrogen-bond acceptors (Lipinski definition) is 6. The molecule has 0 unspecified atom stereocenters. The second kappa shape index (κ2) is 10.1. The number of piperidine rings is 1. The van der Waals surface area contributed by atoms with Gasteiger partial charge in [-0.3, -0.25) is 4.40 Å². The first kappa shape index (κ1) is 23.9. The third-order valence-corrected chi connectivity index (χ3v) is 7.30. The van der Waals surface area contributed by atoms with Crippen LogP contribution < -0.4 is 5.73 Å². The van der Waals surface area contributed by atoms with E-state index in [1.165, 1.54) is 0 Å². The largest absolute Gasteiger partial charge is 0.450 e. The van der Waals surface area contributed by atoms with Gasteiger partial charge < -0.3 is 15.4 Å². The summed E-state index contributed by atoms with van der Waals surface area (Å²) in [5, 5.41) is 1.07. The standard InChI is InChI=1S/C30H30N6O2/c1-2-38-30(37)35-15-12-20(13-16-35)18-26-34-27(28-29(31)32-14-17-36(26)28)23-9-8-22-10-11-24(33-25(22)19-23)21-6-4-3-5-7-21/h3-11,14,17,19-20H,2,12-13,15-16,18H2,1H3,(H2,31,32). The van der Waals surface area contributed by atoms with Gasteiger partial charge in [0.05, 0.1) is 17.8 Å². The number of amides is 1. The number of benzene rings is 2. The Morgan fingerprint density at radius 1 is 1.03 bits per heavy atom. The number of nitrogens with two attached hydrogens (primary N) is 1. The van der Waals surface area contributed by atoms with Crippen LogP contribution in [0.4, 0.5) is 10.6 Å². The summed E-state index contributed by atoms with van der Waals surface area (Å²) in [7, 11) is 0. The lowest BCUT2D eigenvalue weighted by Gasteiger charge is -2.30. The molecule has 192 valence electrons. The number of fused-ring (bicyclic) bond motifs is 2. The number of carbonyl (C=O) groups excluding carboxylic acids is 1. The summed E-state index contributed by atoms with van der Waals surface area (Å²) in [6.45, 7) is 3.63. The monoisotopic (exact) mass is 506 g/mol. The Kier molecular flexibility index (Phi) is 6.37. The van der Waals surface area contributed by atoms with Crippen molar-refractivity contribution in [2.75, 3.05) is 25.4 Å². The zero-order valence-corrected chi connectivity index (χ0v) is 21.4. The molecular formula is C30H30N6O2. The maximum atomic E-state index is 12.1. The lowest BCUT2D eigenvalue weighted by molar-refractivity contribution is 0.0916. The molecule has 0 radical (unpaired) electrons. The Labute approximate surface area is 221 Å². The third kappa shape index (κ3) is 4.53. The molecular weight excluding hydrogens is 476 g/mol. The number of anilines is 1. The summed E-state index contributed by atoms with van der Waals surface area (Å²) in [5.74, 6) is 1.81. The van der Waals surface area contributed by atoms with E-state index in [1.54, 1.807) is 11.1 Å². The first-order chi connectivity index (χ1) is 18.6. The van der Waals surface area contributed by atoms with Crippen LogP contribution in [0.25, 0.3) is 38.9 Å². The van der Waals surface area contributed by atoms with Gasteiger partial charge >= 0.3 is 6.09 Å². The molecule has 0 bridgehead atoms. The smallest absolute Gasteiger partial charge is 0.409 e. The normalized spacial score (nSPS) is 14.3. The SMILES string of the molecule is CCOC(=O)N1CCC(Cc2nc(-c3ccc4ccc(-c5ccccc5)nc4c3)c3c(N)nccn23)CC1. The Morgan fingerprint density at radius 2 is 1.82 bits per heavy atom. The molecule has 8 nitrogen and oxygen atoms in total. The minimum absolute atomic E-state index is 0.223. The van der Waals surface area contributed by atoms with E-state index in [9.17, 15) is 4.79 Å². The van der Waals surface area contributed by atoms with Crippen molar-refractivity contribution >= 4 is 28.3 Å². The molecule has 2 N–H and O–H groups in total. The highest BCUT2D eigenvalue weighted by atomic mass is 16.6. The number of likely N-dealkylation sites (tertiary alicyclic amines) is 1. The highest BCUT2D eigenvalue weighted by Gasteiger charge is 2.26. The molecule has 4 heterocycles. The van der Waals surface area contributed by atoms with Gasteiger partial charge in [-0.25, -0.2) is 19.7 Å². The maximum absolute atomic E-state index is 12.1. The number of carbonyl (C=O) groups is 1. The van der Waals surface area contributed by atoms with Crippen molar-refractivity contribution in [3.63, 3.8) is 0 Å². The molecule has 38 heavy (non-hydrogen) atoms. The lowest BCUT2D eigenvalue weighted by atomic mass is 9.93. The molecule has 5 aromatic rings. The van der Waals surface area contributed by atoms with Gasteiger partial charge in [-0.15, -0.1) is 0 Å². The van der Waals surface area contributed by atoms with Crippen LogP contribution in [0.3, 0.4) is 0 Å². The number of imidazole rings is 1. The highest BCUT2D eigenvalue weighted by Crippen LogP contribution is 2.32. The molecule has 0 aliphatic carbocycles. The molecule has 0 spiro atoms. The van der Waals surface area contributed by atoms with Crippen LogP contribution in [0, 0.1) is 5.92 Å². The third-order valence-electron chi connectivity index (χ3n) is 7.30. The second-order valence-electron chi connectivity index (χ2n) is 9.71. The van der Waals surface area contributed by atoms with E-state index in [-0.39, 0.29) is 6.09 Å². The molecule has 3 aromatic heterocycles. The van der Waals surface area contributed by atoms with E-state index in [2.05, 4.69) is 51.8 Å². The molecule has 1 aliphatic heterocycles. The molecule has 0 atom stereocenters. The summed E-state index contributed by atoms with van der Waals surface area (Å²) in [6.07, 6.45) is 6.04. The number of nitrogens with zero attached hydrogens (tertiary/aromatic N) is 5. The average Bonchev–Trinajstić information content (AvgIpc) is 3.33. The van der Waals surface area contributed by atoms with E-state index in [4.69, 9.17) is 20.4 Å². The van der Waals surface area contributed by atoms with Gasteiger partial charge in [-0.2, -0.15) is 0 Å². The van der Waals surface area contributed by atoms with Crippen molar-refractivity contribution in [2.45, 2.75) is 26.2 Å². The minimum atomic E-state index is -0.223. The number of ether oxygens (including phenoxy) is 1. The lowest BCUT2D eigenvalue weighted by Crippen LogP contribution is -2.39. The molecule has 1 aliphatic rings. The summed E-state index contributed by atoms with van der Waals surface area (Å²) < 4.78 is 7.23. The van der Waals surface area contributed by atoms with E-state index >= 15 is 0 Å². The van der Waals surface area contributed by atoms with Gasteiger partial charge in [-0.1, -0.05) is 48.5 Å². The van der Waals surface area contributed by atoms with Gasteiger partial charge in [0, 0.05) is 48.4 Å². The van der Waals surface area contributed by atoms with Gasteiger partial charge in [0.2, 0.25) is 0 Å². The summed E-state index contributed by atoms with van der Waals surface area (Å²) in [4.78, 5) is 28.3. The Hall–Kier alpha value is -4.46. The molecule has 8 heteroatoms. The van der Waals surface area contributed by atoms with Crippen molar-refractivity contribution in [1.29, 1.82) is 0 Å². The van der Waals surface area contributed by atoms with E-state index in [1.807, 2.05) is 31.3 Å². The van der Waals surface area contributed by atoms with Gasteiger partial charge in [0.15, 0.2) is 0 Å². The predicted molar refractivity (Wildman–Crippen MR) is 149 cm³/mol. The Balaban J connectivity index is 1.33. The van der Waals surface area contributed by atoms with Crippen LogP contribution in [-0.4, -0.2) is 50.0 Å². The zero-order valence-electron chi connectivity index (χ0n) is 21.4. The van der Waals surface area contributed by atoms with E-state index in [0.717, 1.165) is 64.0 Å². The Bertz CT molecular complexity index is 1610. The topological polar surface area (TPSA) is 98.6 Å². The summed E-state index contributed by atoms with van der Waals surface area (Å²) in [6, 6.07) is 20.6. The zero-order chi connectivity index (χ0) is 26.1. The van der Waals surface area contributed by atoms with Crippen molar-refractivity contribution in [1.82, 2.24) is 24.3 Å². The molecule has 1 saturated heterocycles. The fourth-order valence-corrected chi connectivity index (χ4v) is 5.30. The van der Waals surface area contributed by atoms with Crippen LogP contribution in [0.1, 0.15) is 25.6 Å². The van der Waals surface area contributed by atoms with Crippen LogP contribution in [-0.2, 0) is 11.2 Å². The number of rotatable bonds is 5. The van der Waals surface area contributed by atoms with Crippen LogP contribution in [0.15, 0.2) is 73.1 Å². The number of pyridine rings is 1. The van der Waals surface area contributed by atoms with Crippen molar-refractivity contribution in [3.8, 4) is 22.5 Å². The quantitative estimate of drug-likeness (QED) is 0.333. The fourth-order valence-electron chi connectivity index (χ4n) is 5.30. The number of hydrogen-bond donors (Lipinski definition) is 1. The van der Waals surface area contributed by atoms with E-state index < -0.39 is 0 Å². The second-order valence-corrected chi connectivity index (χ2v) is 9.71. The Morgan fingerprint density at radius 3 is 2.61 bits per heavy atom. The van der Waals surface area contributed by atoms with Crippen molar-refractivity contribution in [2.24, 2.45) is 5.92 Å². The van der Waals surface area contributed by atoms with Gasteiger partial charge in [0.1, 0.15) is 22.9 Å². The first-order valence-electron chi connectivity index (χ1n) is 13.1. The molecule has 6 rings (SSSR count). The van der Waals surface area contributed by atoms with Crippen LogP contribution >= 0.6 is 0 Å². The molecule has 1 amide bonds. The van der Waals surface area contributed by atoms with Gasteiger partial charge in [-0.05, 0) is 37.8 Å². The van der Waals surface area contributed by atoms with E-state index in [0.29, 0.717) is 31.4 Å². The maximum Gasteiger partial charge on any atom is 0.409 e. The molecule has 0 saturated carbocycles. The van der Waals surface area contributed by atoms with Crippen LogP contribution in [0.5, 0.6) is 0 Å². The fraction of sp³-hybridized carbons (Fsp3) is 0.267. The summed E-state index contributed by atoms with van der Waals surface area (Å²) in [5.41, 5.74) is 11.9. The van der Waals surface area contributed by atoms with Crippen molar-refractivity contribution in [3.05, 3.63) is 78.9 Å². The summed E-state index contributed by atoms with van der Waals surface area (Å²) >= 11 is 0. The molecule has 2 aromatic carbocycles. The molecule has 1 fully saturated rings. The van der Waals surface area contributed by atoms with Crippen LogP contribution in [0.2, 0.25) is 0 Å². The predicted octanol–water partition coefficient (Wildman–Crippen LogP) is 5.60. The number of aromatic nitrogens is 4. The first-order valence-corrected chi connectivity index (χ1v) is 13.1. The number of nitrogen functional groups attached to an aromatic ring is 1. The van der Waals surface area contributed by atoms with Crippen molar-refractivity contribution < 1.29 is 9.53 Å². The average molecular weight is 507 g/mol. The van der Waals surface area contributed by atoms with Gasteiger partial charge in [0.25, 0.3) is 0 Å². The highest BCUT2D eigenvalue weighted by molar-refractivity contribution is 5.91.